The average Bonchev–Trinajstić information content (AvgIpc) is 2.61. The topological polar surface area (TPSA) is 47.8 Å². The summed E-state index contributed by atoms with van der Waals surface area (Å²) in [5, 5.41) is 15.7. The van der Waals surface area contributed by atoms with Crippen molar-refractivity contribution >= 4 is 34.8 Å². The molecule has 2 aromatic rings. The smallest absolute Gasteiger partial charge is 0.170 e. The lowest BCUT2D eigenvalue weighted by Crippen LogP contribution is -2.29. The van der Waals surface area contributed by atoms with E-state index in [-0.39, 0.29) is 0 Å². The average molecular weight is 370 g/mol. The molecule has 25 heavy (non-hydrogen) atoms. The molecule has 2 N–H and O–H groups in total. The molecule has 0 radical (unpaired) electrons. The van der Waals surface area contributed by atoms with Crippen LogP contribution in [-0.4, -0.2) is 17.4 Å². The predicted molar refractivity (Wildman–Crippen MR) is 112 cm³/mol. The molecule has 2 aromatic carbocycles. The molecule has 130 valence electrons. The minimum absolute atomic E-state index is 0.434. The predicted octanol–water partition coefficient (Wildman–Crippen LogP) is 4.67. The summed E-state index contributed by atoms with van der Waals surface area (Å²) in [4.78, 5) is 0. The van der Waals surface area contributed by atoms with E-state index in [9.17, 15) is 0 Å². The van der Waals surface area contributed by atoms with Crippen LogP contribution in [0.15, 0.2) is 48.5 Å². The van der Waals surface area contributed by atoms with Crippen molar-refractivity contribution in [3.8, 4) is 6.07 Å². The normalized spacial score (nSPS) is 10.1. The minimum atomic E-state index is 0.434. The van der Waals surface area contributed by atoms with Gasteiger partial charge in [-0.2, -0.15) is 17.0 Å². The fourth-order valence-electron chi connectivity index (χ4n) is 2.30. The van der Waals surface area contributed by atoms with Gasteiger partial charge in [0, 0.05) is 18.0 Å². The number of benzene rings is 2. The number of anilines is 1. The van der Waals surface area contributed by atoms with E-state index in [0.29, 0.717) is 11.5 Å². The molecule has 0 fully saturated rings. The Hall–Kier alpha value is -2.03. The number of hydrogen-bond donors (Lipinski definition) is 2. The fraction of sp³-hybridized carbons (Fsp3) is 0.300. The van der Waals surface area contributed by atoms with E-state index < -0.39 is 0 Å². The number of nitrogens with zero attached hydrogens (tertiary/aromatic N) is 1. The van der Waals surface area contributed by atoms with Crippen molar-refractivity contribution in [3.05, 3.63) is 65.2 Å². The van der Waals surface area contributed by atoms with Crippen molar-refractivity contribution in [2.24, 2.45) is 0 Å². The van der Waals surface area contributed by atoms with Gasteiger partial charge in [-0.3, -0.25) is 0 Å². The van der Waals surface area contributed by atoms with Crippen LogP contribution in [0, 0.1) is 18.3 Å². The summed E-state index contributed by atoms with van der Waals surface area (Å²) in [5.74, 6) is 2.16. The van der Waals surface area contributed by atoms with Gasteiger partial charge in [-0.15, -0.1) is 0 Å². The molecule has 0 aromatic heterocycles. The van der Waals surface area contributed by atoms with Crippen molar-refractivity contribution in [1.29, 1.82) is 5.26 Å². The maximum atomic E-state index is 8.67. The molecule has 0 aliphatic carbocycles. The largest absolute Gasteiger partial charge is 0.362 e. The summed E-state index contributed by atoms with van der Waals surface area (Å²) in [6.45, 7) is 3.02. The highest BCUT2D eigenvalue weighted by Gasteiger charge is 2.00. The van der Waals surface area contributed by atoms with E-state index in [1.165, 1.54) is 11.1 Å². The highest BCUT2D eigenvalue weighted by Crippen LogP contribution is 2.16. The van der Waals surface area contributed by atoms with E-state index in [1.54, 1.807) is 0 Å². The molecular weight excluding hydrogens is 346 g/mol. The van der Waals surface area contributed by atoms with Crippen LogP contribution in [0.2, 0.25) is 0 Å². The van der Waals surface area contributed by atoms with E-state index >= 15 is 0 Å². The SMILES string of the molecule is Cc1ccccc1CSCCCNC(=S)Nc1ccc(CC#N)cc1. The van der Waals surface area contributed by atoms with Gasteiger partial charge >= 0.3 is 0 Å². The molecule has 2 rings (SSSR count). The standard InChI is InChI=1S/C20H23N3S2/c1-16-5-2-3-6-18(16)15-25-14-4-13-22-20(24)23-19-9-7-17(8-10-19)11-12-21/h2-3,5-10H,4,11,13-15H2,1H3,(H2,22,23,24). The third kappa shape index (κ3) is 7.16. The van der Waals surface area contributed by atoms with E-state index in [2.05, 4.69) is 47.9 Å². The Morgan fingerprint density at radius 3 is 2.64 bits per heavy atom. The molecule has 0 heterocycles. The Morgan fingerprint density at radius 2 is 1.92 bits per heavy atom. The first-order valence-corrected chi connectivity index (χ1v) is 9.88. The molecule has 0 spiro atoms. The monoisotopic (exact) mass is 369 g/mol. The quantitative estimate of drug-likeness (QED) is 0.523. The zero-order valence-electron chi connectivity index (χ0n) is 14.4. The van der Waals surface area contributed by atoms with Gasteiger partial charge in [0.25, 0.3) is 0 Å². The minimum Gasteiger partial charge on any atom is -0.362 e. The third-order valence-corrected chi connectivity index (χ3v) is 5.10. The molecule has 0 aliphatic rings. The Morgan fingerprint density at radius 1 is 1.16 bits per heavy atom. The summed E-state index contributed by atoms with van der Waals surface area (Å²) in [5.41, 5.74) is 4.72. The van der Waals surface area contributed by atoms with Crippen molar-refractivity contribution in [3.63, 3.8) is 0 Å². The van der Waals surface area contributed by atoms with Crippen molar-refractivity contribution in [1.82, 2.24) is 5.32 Å². The molecule has 0 aliphatic heterocycles. The summed E-state index contributed by atoms with van der Waals surface area (Å²) in [6, 6.07) is 18.4. The van der Waals surface area contributed by atoms with Gasteiger partial charge in [0.05, 0.1) is 12.5 Å². The number of nitrogens with one attached hydrogen (secondary N) is 2. The van der Waals surface area contributed by atoms with Crippen molar-refractivity contribution in [2.75, 3.05) is 17.6 Å². The van der Waals surface area contributed by atoms with Gasteiger partial charge in [-0.05, 0) is 60.1 Å². The summed E-state index contributed by atoms with van der Waals surface area (Å²) in [6.07, 6.45) is 1.50. The van der Waals surface area contributed by atoms with Gasteiger partial charge in [-0.25, -0.2) is 0 Å². The zero-order valence-corrected chi connectivity index (χ0v) is 16.1. The van der Waals surface area contributed by atoms with Crippen LogP contribution in [0.3, 0.4) is 0 Å². The maximum Gasteiger partial charge on any atom is 0.170 e. The lowest BCUT2D eigenvalue weighted by atomic mass is 10.1. The summed E-state index contributed by atoms with van der Waals surface area (Å²) >= 11 is 7.26. The molecule has 5 heteroatoms. The van der Waals surface area contributed by atoms with Crippen LogP contribution in [0.1, 0.15) is 23.1 Å². The van der Waals surface area contributed by atoms with Crippen LogP contribution in [-0.2, 0) is 12.2 Å². The Labute approximate surface area is 159 Å². The Kier molecular flexibility index (Phi) is 8.30. The highest BCUT2D eigenvalue weighted by molar-refractivity contribution is 7.98. The number of aryl methyl sites for hydroxylation is 1. The molecule has 0 unspecified atom stereocenters. The number of nitriles is 1. The molecule has 0 saturated heterocycles. The second-order valence-corrected chi connectivity index (χ2v) is 7.26. The molecule has 0 bridgehead atoms. The van der Waals surface area contributed by atoms with Crippen molar-refractivity contribution in [2.45, 2.75) is 25.5 Å². The van der Waals surface area contributed by atoms with Crippen LogP contribution in [0.25, 0.3) is 0 Å². The number of hydrogen-bond acceptors (Lipinski definition) is 3. The Bertz CT molecular complexity index is 720. The number of rotatable bonds is 8. The first kappa shape index (κ1) is 19.3. The molecular formula is C20H23N3S2. The molecule has 0 amide bonds. The van der Waals surface area contributed by atoms with Crippen LogP contribution < -0.4 is 10.6 Å². The fourth-order valence-corrected chi connectivity index (χ4v) is 3.56. The van der Waals surface area contributed by atoms with E-state index in [1.807, 2.05) is 36.0 Å². The molecule has 3 nitrogen and oxygen atoms in total. The van der Waals surface area contributed by atoms with Gasteiger partial charge < -0.3 is 10.6 Å². The highest BCUT2D eigenvalue weighted by atomic mass is 32.2. The first-order valence-electron chi connectivity index (χ1n) is 8.32. The maximum absolute atomic E-state index is 8.67. The zero-order chi connectivity index (χ0) is 17.9. The van der Waals surface area contributed by atoms with Crippen LogP contribution in [0.5, 0.6) is 0 Å². The van der Waals surface area contributed by atoms with Gasteiger partial charge in [-0.1, -0.05) is 36.4 Å². The second-order valence-electron chi connectivity index (χ2n) is 5.75. The van der Waals surface area contributed by atoms with Crippen LogP contribution in [0.4, 0.5) is 5.69 Å². The number of thiocarbonyl (C=S) groups is 1. The first-order chi connectivity index (χ1) is 12.2. The Balaban J connectivity index is 1.59. The van der Waals surface area contributed by atoms with Gasteiger partial charge in [0.1, 0.15) is 0 Å². The summed E-state index contributed by atoms with van der Waals surface area (Å²) in [7, 11) is 0. The van der Waals surface area contributed by atoms with Crippen LogP contribution >= 0.6 is 24.0 Å². The van der Waals surface area contributed by atoms with E-state index in [4.69, 9.17) is 17.5 Å². The lowest BCUT2D eigenvalue weighted by Gasteiger charge is -2.11. The van der Waals surface area contributed by atoms with Crippen molar-refractivity contribution < 1.29 is 0 Å². The third-order valence-electron chi connectivity index (χ3n) is 3.76. The second kappa shape index (κ2) is 10.8. The van der Waals surface area contributed by atoms with Gasteiger partial charge in [0.15, 0.2) is 5.11 Å². The molecule has 0 saturated carbocycles. The van der Waals surface area contributed by atoms with Gasteiger partial charge in [0.2, 0.25) is 0 Å². The number of thioether (sulfide) groups is 1. The molecule has 0 atom stereocenters. The van der Waals surface area contributed by atoms with E-state index in [0.717, 1.165) is 35.7 Å². The summed E-state index contributed by atoms with van der Waals surface area (Å²) < 4.78 is 0. The lowest BCUT2D eigenvalue weighted by molar-refractivity contribution is 0.854.